The molecule has 1 aliphatic carbocycles. The Morgan fingerprint density at radius 1 is 1.10 bits per heavy atom. The molecule has 4 aromatic rings. The molecule has 10 nitrogen and oxygen atoms in total. The molecule has 2 aromatic heterocycles. The molecule has 2 amide bonds. The van der Waals surface area contributed by atoms with E-state index in [-0.39, 0.29) is 5.69 Å². The molecule has 2 heterocycles. The zero-order valence-corrected chi connectivity index (χ0v) is 16.6. The second kappa shape index (κ2) is 7.56. The summed E-state index contributed by atoms with van der Waals surface area (Å²) in [5.41, 5.74) is 2.30. The normalized spacial score (nSPS) is 13.2. The van der Waals surface area contributed by atoms with Gasteiger partial charge in [-0.3, -0.25) is 4.57 Å². The molecule has 10 heteroatoms. The lowest BCUT2D eigenvalue weighted by Crippen LogP contribution is -2.21. The van der Waals surface area contributed by atoms with Crippen molar-refractivity contribution in [1.29, 1.82) is 0 Å². The molecule has 1 fully saturated rings. The maximum absolute atomic E-state index is 12.4. The van der Waals surface area contributed by atoms with Crippen LogP contribution in [-0.4, -0.2) is 30.5 Å². The third kappa shape index (κ3) is 3.95. The highest BCUT2D eigenvalue weighted by Gasteiger charge is 2.29. The minimum absolute atomic E-state index is 0.246. The number of urea groups is 1. The number of nitrogens with zero attached hydrogens (tertiary/aromatic N) is 5. The highest BCUT2D eigenvalue weighted by Crippen LogP contribution is 2.39. The average Bonchev–Trinajstić information content (AvgIpc) is 3.41. The van der Waals surface area contributed by atoms with Crippen molar-refractivity contribution in [3.63, 3.8) is 0 Å². The summed E-state index contributed by atoms with van der Waals surface area (Å²) in [7, 11) is 1.63. The van der Waals surface area contributed by atoms with Crippen molar-refractivity contribution in [2.75, 3.05) is 10.6 Å². The lowest BCUT2D eigenvalue weighted by atomic mass is 10.2. The molecule has 1 saturated carbocycles. The predicted molar refractivity (Wildman–Crippen MR) is 113 cm³/mol. The Morgan fingerprint density at radius 2 is 1.87 bits per heavy atom. The molecule has 156 valence electrons. The monoisotopic (exact) mass is 417 g/mol. The third-order valence-electron chi connectivity index (χ3n) is 4.94. The Balaban J connectivity index is 1.25. The van der Waals surface area contributed by atoms with Crippen molar-refractivity contribution in [1.82, 2.24) is 24.5 Å². The SMILES string of the molecule is Cn1cnn(-c2ccc(NC(=O)Nc3cccc(-c4noc(C5CC5)n4)c3)cc2)c1=O. The summed E-state index contributed by atoms with van der Waals surface area (Å²) >= 11 is 0. The van der Waals surface area contributed by atoms with Crippen LogP contribution in [0.1, 0.15) is 24.7 Å². The first-order chi connectivity index (χ1) is 15.1. The second-order valence-electron chi connectivity index (χ2n) is 7.37. The van der Waals surface area contributed by atoms with E-state index in [9.17, 15) is 9.59 Å². The molecule has 0 bridgehead atoms. The number of aromatic nitrogens is 5. The van der Waals surface area contributed by atoms with Crippen LogP contribution in [0.3, 0.4) is 0 Å². The number of rotatable bonds is 5. The summed E-state index contributed by atoms with van der Waals surface area (Å²) in [6.45, 7) is 0. The second-order valence-corrected chi connectivity index (χ2v) is 7.37. The number of benzene rings is 2. The van der Waals surface area contributed by atoms with Crippen LogP contribution in [-0.2, 0) is 7.05 Å². The highest BCUT2D eigenvalue weighted by molar-refractivity contribution is 6.00. The maximum Gasteiger partial charge on any atom is 0.350 e. The molecule has 0 radical (unpaired) electrons. The number of aryl methyl sites for hydroxylation is 1. The van der Waals surface area contributed by atoms with E-state index in [2.05, 4.69) is 25.9 Å². The van der Waals surface area contributed by atoms with E-state index in [1.165, 1.54) is 15.6 Å². The van der Waals surface area contributed by atoms with Gasteiger partial charge in [-0.2, -0.15) is 14.8 Å². The van der Waals surface area contributed by atoms with E-state index >= 15 is 0 Å². The van der Waals surface area contributed by atoms with Crippen molar-refractivity contribution in [2.45, 2.75) is 18.8 Å². The van der Waals surface area contributed by atoms with Gasteiger partial charge in [0.15, 0.2) is 0 Å². The number of anilines is 2. The van der Waals surface area contributed by atoms with Crippen LogP contribution < -0.4 is 16.3 Å². The quantitative estimate of drug-likeness (QED) is 0.515. The van der Waals surface area contributed by atoms with Crippen LogP contribution in [0.5, 0.6) is 0 Å². The summed E-state index contributed by atoms with van der Waals surface area (Å²) < 4.78 is 7.97. The standard InChI is InChI=1S/C21H19N7O3/c1-27-12-22-28(21(27)30)17-9-7-15(8-10-17)23-20(29)24-16-4-2-3-14(11-16)18-25-19(31-26-18)13-5-6-13/h2-4,7-13H,5-6H2,1H3,(H2,23,24,29). The molecular weight excluding hydrogens is 398 g/mol. The first-order valence-electron chi connectivity index (χ1n) is 9.80. The lowest BCUT2D eigenvalue weighted by Gasteiger charge is -2.09. The van der Waals surface area contributed by atoms with Gasteiger partial charge < -0.3 is 15.2 Å². The van der Waals surface area contributed by atoms with E-state index in [1.807, 2.05) is 12.1 Å². The van der Waals surface area contributed by atoms with Gasteiger partial charge in [0.2, 0.25) is 11.7 Å². The van der Waals surface area contributed by atoms with Crippen LogP contribution in [0.25, 0.3) is 17.1 Å². The van der Waals surface area contributed by atoms with Gasteiger partial charge in [0.25, 0.3) is 0 Å². The van der Waals surface area contributed by atoms with Gasteiger partial charge in [-0.25, -0.2) is 9.59 Å². The number of carbonyl (C=O) groups excluding carboxylic acids is 1. The zero-order chi connectivity index (χ0) is 21.4. The van der Waals surface area contributed by atoms with Crippen molar-refractivity contribution in [3.05, 3.63) is 71.2 Å². The van der Waals surface area contributed by atoms with Crippen molar-refractivity contribution < 1.29 is 9.32 Å². The molecule has 31 heavy (non-hydrogen) atoms. The molecule has 1 aliphatic rings. The van der Waals surface area contributed by atoms with Crippen LogP contribution in [0.15, 0.2) is 64.2 Å². The molecule has 0 unspecified atom stereocenters. The smallest absolute Gasteiger partial charge is 0.339 e. The summed E-state index contributed by atoms with van der Waals surface area (Å²) in [4.78, 5) is 28.8. The number of hydrogen-bond acceptors (Lipinski definition) is 6. The van der Waals surface area contributed by atoms with Crippen molar-refractivity contribution in [3.8, 4) is 17.1 Å². The van der Waals surface area contributed by atoms with Gasteiger partial charge in [0, 0.05) is 29.9 Å². The lowest BCUT2D eigenvalue weighted by molar-refractivity contribution is 0.262. The summed E-state index contributed by atoms with van der Waals surface area (Å²) in [5, 5.41) is 13.6. The van der Waals surface area contributed by atoms with E-state index in [0.717, 1.165) is 18.4 Å². The van der Waals surface area contributed by atoms with E-state index < -0.39 is 6.03 Å². The van der Waals surface area contributed by atoms with Crippen molar-refractivity contribution in [2.24, 2.45) is 7.05 Å². The molecule has 5 rings (SSSR count). The van der Waals surface area contributed by atoms with E-state index in [4.69, 9.17) is 4.52 Å². The Kier molecular flexibility index (Phi) is 4.58. The molecule has 0 aliphatic heterocycles. The Labute approximate surface area is 176 Å². The van der Waals surface area contributed by atoms with Crippen molar-refractivity contribution >= 4 is 17.4 Å². The zero-order valence-electron chi connectivity index (χ0n) is 16.6. The highest BCUT2D eigenvalue weighted by atomic mass is 16.5. The summed E-state index contributed by atoms with van der Waals surface area (Å²) in [6.07, 6.45) is 3.61. The number of carbonyl (C=O) groups is 1. The number of amides is 2. The fourth-order valence-corrected chi connectivity index (χ4v) is 3.12. The third-order valence-corrected chi connectivity index (χ3v) is 4.94. The minimum Gasteiger partial charge on any atom is -0.339 e. The van der Waals surface area contributed by atoms with Gasteiger partial charge in [-0.05, 0) is 49.2 Å². The molecule has 0 saturated heterocycles. The van der Waals surface area contributed by atoms with Crippen LogP contribution >= 0.6 is 0 Å². The topological polar surface area (TPSA) is 120 Å². The first-order valence-corrected chi connectivity index (χ1v) is 9.80. The largest absolute Gasteiger partial charge is 0.350 e. The maximum atomic E-state index is 12.4. The van der Waals surface area contributed by atoms with Gasteiger partial charge in [-0.15, -0.1) is 0 Å². The van der Waals surface area contributed by atoms with Crippen LogP contribution in [0.2, 0.25) is 0 Å². The molecule has 0 spiro atoms. The molecule has 2 N–H and O–H groups in total. The van der Waals surface area contributed by atoms with Gasteiger partial charge in [0.05, 0.1) is 5.69 Å². The number of hydrogen-bond donors (Lipinski definition) is 2. The van der Waals surface area contributed by atoms with Gasteiger partial charge in [-0.1, -0.05) is 17.3 Å². The predicted octanol–water partition coefficient (Wildman–Crippen LogP) is 3.14. The van der Waals surface area contributed by atoms with Gasteiger partial charge >= 0.3 is 11.7 Å². The van der Waals surface area contributed by atoms with E-state index in [1.54, 1.807) is 43.4 Å². The Morgan fingerprint density at radius 3 is 2.58 bits per heavy atom. The summed E-state index contributed by atoms with van der Waals surface area (Å²) in [6, 6.07) is 13.7. The minimum atomic E-state index is -0.397. The van der Waals surface area contributed by atoms with Crippen LogP contribution in [0, 0.1) is 0 Å². The molecular formula is C21H19N7O3. The summed E-state index contributed by atoms with van der Waals surface area (Å²) in [5.74, 6) is 1.56. The fourth-order valence-electron chi connectivity index (χ4n) is 3.12. The molecule has 2 aromatic carbocycles. The average molecular weight is 417 g/mol. The first kappa shape index (κ1) is 18.8. The van der Waals surface area contributed by atoms with E-state index in [0.29, 0.717) is 34.7 Å². The number of nitrogens with one attached hydrogen (secondary N) is 2. The fraction of sp³-hybridized carbons (Fsp3) is 0.190. The van der Waals surface area contributed by atoms with Crippen LogP contribution in [0.4, 0.5) is 16.2 Å². The van der Waals surface area contributed by atoms with Gasteiger partial charge in [0.1, 0.15) is 6.33 Å². The Hall–Kier alpha value is -4.21. The Bertz CT molecular complexity index is 1300. The molecule has 0 atom stereocenters.